The number of carbonyl (C=O) groups is 5. The molecule has 3 N–H and O–H groups in total. The summed E-state index contributed by atoms with van der Waals surface area (Å²) in [6, 6.07) is 16.8. The van der Waals surface area contributed by atoms with Crippen LogP contribution in [-0.2, 0) is 52.3 Å². The van der Waals surface area contributed by atoms with Crippen LogP contribution >= 0.6 is 0 Å². The number of esters is 3. The molecule has 77 heavy (non-hydrogen) atoms. The van der Waals surface area contributed by atoms with Gasteiger partial charge in [0.05, 0.1) is 36.2 Å². The largest absolute Gasteiger partial charge is 0.509 e. The number of hydrogen-bond acceptors (Lipinski definition) is 16. The van der Waals surface area contributed by atoms with Gasteiger partial charge in [0.2, 0.25) is 6.10 Å². The molecule has 4 fully saturated rings. The fourth-order valence-corrected chi connectivity index (χ4v) is 12.4. The van der Waals surface area contributed by atoms with E-state index in [1.165, 1.54) is 58.1 Å². The van der Waals surface area contributed by atoms with Crippen LogP contribution in [0.1, 0.15) is 160 Å². The molecular formula is C61H82O16. The van der Waals surface area contributed by atoms with E-state index in [0.717, 1.165) is 38.5 Å². The maximum absolute atomic E-state index is 15.2. The van der Waals surface area contributed by atoms with E-state index < -0.39 is 119 Å². The van der Waals surface area contributed by atoms with E-state index in [-0.39, 0.29) is 43.0 Å². The Balaban J connectivity index is 1.05. The molecular weight excluding hydrogens is 989 g/mol. The quantitative estimate of drug-likeness (QED) is 0.0386. The Labute approximate surface area is 453 Å². The smallest absolute Gasteiger partial charge is 0.455 e. The summed E-state index contributed by atoms with van der Waals surface area (Å²) in [4.78, 5) is 70.9. The van der Waals surface area contributed by atoms with Gasteiger partial charge in [0.25, 0.3) is 0 Å². The molecule has 3 aliphatic carbocycles. The predicted octanol–water partition coefficient (Wildman–Crippen LogP) is 9.51. The molecule has 0 amide bonds. The van der Waals surface area contributed by atoms with Gasteiger partial charge in [0.1, 0.15) is 42.7 Å². The van der Waals surface area contributed by atoms with Crippen molar-refractivity contribution in [1.82, 2.24) is 0 Å². The summed E-state index contributed by atoms with van der Waals surface area (Å²) in [6.07, 6.45) is 9.88. The van der Waals surface area contributed by atoms with Gasteiger partial charge < -0.3 is 53.2 Å². The minimum atomic E-state index is -2.35. The molecule has 2 unspecified atom stereocenters. The van der Waals surface area contributed by atoms with E-state index in [1.54, 1.807) is 76.2 Å². The van der Waals surface area contributed by atoms with E-state index in [9.17, 15) is 34.5 Å². The fourth-order valence-electron chi connectivity index (χ4n) is 12.4. The lowest BCUT2D eigenvalue weighted by atomic mass is 9.44. The highest BCUT2D eigenvalue weighted by atomic mass is 16.8. The Hall–Kier alpha value is -5.23. The van der Waals surface area contributed by atoms with Gasteiger partial charge in [0, 0.05) is 31.1 Å². The zero-order chi connectivity index (χ0) is 55.5. The van der Waals surface area contributed by atoms with Crippen LogP contribution < -0.4 is 0 Å². The average molecular weight is 1070 g/mol. The topological polar surface area (TPSA) is 220 Å². The van der Waals surface area contributed by atoms with Gasteiger partial charge in [-0.25, -0.2) is 14.4 Å². The van der Waals surface area contributed by atoms with E-state index >= 15 is 4.79 Å². The van der Waals surface area contributed by atoms with E-state index in [0.29, 0.717) is 12.0 Å². The molecule has 2 heterocycles. The standard InChI is InChI=1S/C61H82O16/c1-8-9-10-11-12-13-14-15-16-17-18-19-20-21-28-33-48-70-36-44(73-48)37-71-57(68)75-51(39(2)42-29-24-22-25-30-42)56(67)74-45-35-61(69)54(76-55(66)43-31-26-23-27-32-43)52-59(7,53(65)50(64)49(40(45)3)58(61,5)6)46(63)34-47-60(52,38-72-47)77-41(4)62/h11-12,14-15,22-27,29-32,39,44-48,50-52,54,63-64,69H,8-10,13,16-21,28,33-38H2,1-7H3/b12-11-,15-14-/t39-,44?,45-,46-,47+,48?,50+,51+,52-,54-,59+,60-,61+/m0/s1. The van der Waals surface area contributed by atoms with Crippen LogP contribution in [0, 0.1) is 16.7 Å². The zero-order valence-electron chi connectivity index (χ0n) is 46.0. The molecule has 2 aromatic rings. The summed E-state index contributed by atoms with van der Waals surface area (Å²) < 4.78 is 48.0. The van der Waals surface area contributed by atoms with Gasteiger partial charge in [-0.3, -0.25) is 9.59 Å². The van der Waals surface area contributed by atoms with Crippen LogP contribution in [0.3, 0.4) is 0 Å². The zero-order valence-corrected chi connectivity index (χ0v) is 46.0. The molecule has 13 atom stereocenters. The third-order valence-corrected chi connectivity index (χ3v) is 17.0. The summed E-state index contributed by atoms with van der Waals surface area (Å²) in [5, 5.41) is 38.1. The monoisotopic (exact) mass is 1070 g/mol. The van der Waals surface area contributed by atoms with Gasteiger partial charge >= 0.3 is 24.1 Å². The maximum atomic E-state index is 15.2. The predicted molar refractivity (Wildman–Crippen MR) is 284 cm³/mol. The normalized spacial score (nSPS) is 31.3. The van der Waals surface area contributed by atoms with Crippen LogP contribution in [0.25, 0.3) is 0 Å². The SMILES string of the molecule is CCCC/C=C\C/C=C\CCCCCCCCC1OCC(COC(=O)O[C@@H](C(=O)O[C@H]2C[C@@]3(O)[C@@H](OC(=O)c4ccccc4)[C@@H]4[C@]5(OC(C)=O)CO[C@@H]5C[C@H](O)[C@@]4(C)C(=O)[C@H](O)C(=C2C)C3(C)C)[C@@H](C)c2ccccc2)O1. The van der Waals surface area contributed by atoms with E-state index in [4.69, 9.17) is 37.9 Å². The highest BCUT2D eigenvalue weighted by Crippen LogP contribution is 2.64. The number of rotatable bonds is 24. The van der Waals surface area contributed by atoms with Crippen LogP contribution in [-0.4, -0.2) is 125 Å². The van der Waals surface area contributed by atoms with Crippen molar-refractivity contribution >= 4 is 29.8 Å². The van der Waals surface area contributed by atoms with Crippen molar-refractivity contribution in [2.45, 2.75) is 204 Å². The molecule has 0 radical (unpaired) electrons. The first-order valence-corrected chi connectivity index (χ1v) is 27.9. The first-order chi connectivity index (χ1) is 36.8. The van der Waals surface area contributed by atoms with Crippen molar-refractivity contribution in [2.75, 3.05) is 19.8 Å². The summed E-state index contributed by atoms with van der Waals surface area (Å²) >= 11 is 0. The highest BCUT2D eigenvalue weighted by molar-refractivity contribution is 5.94. The Kier molecular flexibility index (Phi) is 20.2. The first-order valence-electron chi connectivity index (χ1n) is 27.9. The third-order valence-electron chi connectivity index (χ3n) is 17.0. The van der Waals surface area contributed by atoms with Crippen molar-refractivity contribution in [2.24, 2.45) is 16.7 Å². The number of hydrogen-bond donors (Lipinski definition) is 3. The first kappa shape index (κ1) is 59.4. The van der Waals surface area contributed by atoms with Crippen LogP contribution in [0.4, 0.5) is 4.79 Å². The molecule has 5 aliphatic rings. The lowest BCUT2D eigenvalue weighted by molar-refractivity contribution is -0.346. The second-order valence-corrected chi connectivity index (χ2v) is 22.4. The summed E-state index contributed by atoms with van der Waals surface area (Å²) in [6.45, 7) is 10.9. The molecule has 0 spiro atoms. The number of benzene rings is 2. The molecule has 2 aromatic carbocycles. The Morgan fingerprint density at radius 3 is 2.14 bits per heavy atom. The Bertz CT molecular complexity index is 2430. The molecule has 422 valence electrons. The van der Waals surface area contributed by atoms with E-state index in [1.807, 2.05) is 0 Å². The van der Waals surface area contributed by atoms with Gasteiger partial charge in [-0.05, 0) is 81.2 Å². The number of ketones is 1. The fraction of sp³-hybridized carbons (Fsp3) is 0.623. The second-order valence-electron chi connectivity index (χ2n) is 22.4. The molecule has 2 saturated carbocycles. The Morgan fingerprint density at radius 2 is 1.49 bits per heavy atom. The Morgan fingerprint density at radius 1 is 0.844 bits per heavy atom. The molecule has 16 heteroatoms. The molecule has 2 saturated heterocycles. The minimum Gasteiger partial charge on any atom is -0.455 e. The number of carbonyl (C=O) groups excluding carboxylic acids is 5. The number of aliphatic hydroxyl groups is 3. The van der Waals surface area contributed by atoms with Crippen molar-refractivity contribution < 1.29 is 77.2 Å². The average Bonchev–Trinajstić information content (AvgIpc) is 3.94. The second kappa shape index (κ2) is 26.2. The van der Waals surface area contributed by atoms with Crippen LogP contribution in [0.15, 0.2) is 96.1 Å². The van der Waals surface area contributed by atoms with Crippen molar-refractivity contribution in [3.8, 4) is 0 Å². The maximum Gasteiger partial charge on any atom is 0.509 e. The van der Waals surface area contributed by atoms with Crippen LogP contribution in [0.5, 0.6) is 0 Å². The number of fused-ring (bicyclic) bond motifs is 5. The lowest BCUT2D eigenvalue weighted by Crippen LogP contribution is -2.81. The molecule has 2 aliphatic heterocycles. The van der Waals surface area contributed by atoms with Crippen LogP contribution in [0.2, 0.25) is 0 Å². The number of aliphatic hydroxyl groups excluding tert-OH is 2. The number of Topliss-reactive ketones (excluding diaryl/α,β-unsaturated/α-hetero) is 1. The number of unbranched alkanes of at least 4 members (excludes halogenated alkanes) is 8. The van der Waals surface area contributed by atoms with Crippen molar-refractivity contribution in [3.63, 3.8) is 0 Å². The van der Waals surface area contributed by atoms with Gasteiger partial charge in [-0.2, -0.15) is 0 Å². The van der Waals surface area contributed by atoms with Gasteiger partial charge in [-0.1, -0.05) is 139 Å². The minimum absolute atomic E-state index is 0.0314. The van der Waals surface area contributed by atoms with E-state index in [2.05, 4.69) is 31.2 Å². The van der Waals surface area contributed by atoms with Gasteiger partial charge in [0.15, 0.2) is 17.7 Å². The molecule has 0 aromatic heterocycles. The molecule has 16 nitrogen and oxygen atoms in total. The number of allylic oxidation sites excluding steroid dienone is 4. The molecule has 7 rings (SSSR count). The summed E-state index contributed by atoms with van der Waals surface area (Å²) in [5.41, 5.74) is -6.84. The lowest BCUT2D eigenvalue weighted by Gasteiger charge is -2.67. The van der Waals surface area contributed by atoms with Crippen molar-refractivity contribution in [1.29, 1.82) is 0 Å². The third kappa shape index (κ3) is 12.9. The highest BCUT2D eigenvalue weighted by Gasteiger charge is 2.78. The van der Waals surface area contributed by atoms with Gasteiger partial charge in [-0.15, -0.1) is 0 Å². The summed E-state index contributed by atoms with van der Waals surface area (Å²) in [5.74, 6) is -5.93. The molecule has 2 bridgehead atoms. The number of ether oxygens (including phenoxy) is 8. The summed E-state index contributed by atoms with van der Waals surface area (Å²) in [7, 11) is 0. The van der Waals surface area contributed by atoms with Crippen molar-refractivity contribution in [3.05, 3.63) is 107 Å².